The molecule has 2 aromatic carbocycles. The van der Waals surface area contributed by atoms with Crippen molar-refractivity contribution in [3.05, 3.63) is 58.6 Å². The summed E-state index contributed by atoms with van der Waals surface area (Å²) in [5.74, 6) is 0.700. The first-order chi connectivity index (χ1) is 13.2. The zero-order chi connectivity index (χ0) is 20.7. The molecule has 0 aliphatic heterocycles. The van der Waals surface area contributed by atoms with Gasteiger partial charge in [0.15, 0.2) is 0 Å². The van der Waals surface area contributed by atoms with Crippen LogP contribution >= 0.6 is 36.6 Å². The maximum absolute atomic E-state index is 11.5. The smallest absolute Gasteiger partial charge is 0.293 e. The van der Waals surface area contributed by atoms with Crippen LogP contribution < -0.4 is 10.5 Å². The summed E-state index contributed by atoms with van der Waals surface area (Å²) in [6, 6.07) is 13.5. The maximum atomic E-state index is 11.5. The predicted molar refractivity (Wildman–Crippen MR) is 127 cm³/mol. The first kappa shape index (κ1) is 28.4. The van der Waals surface area contributed by atoms with Crippen LogP contribution in [0.2, 0.25) is 0 Å². The van der Waals surface area contributed by atoms with Gasteiger partial charge in [0, 0.05) is 22.8 Å². The molecule has 0 heterocycles. The molecule has 8 nitrogen and oxygen atoms in total. The van der Waals surface area contributed by atoms with Crippen molar-refractivity contribution in [3.63, 3.8) is 0 Å². The van der Waals surface area contributed by atoms with Crippen molar-refractivity contribution in [1.82, 2.24) is 4.90 Å². The molecule has 0 aliphatic carbocycles. The minimum Gasteiger partial charge on any atom is -0.376 e. The second-order valence-electron chi connectivity index (χ2n) is 6.54. The molecular formula is C18H26Cl2N4O4S2. The Bertz CT molecular complexity index is 916. The van der Waals surface area contributed by atoms with Crippen LogP contribution in [0.3, 0.4) is 0 Å². The number of nitro groups is 1. The van der Waals surface area contributed by atoms with Crippen molar-refractivity contribution < 1.29 is 13.3 Å². The minimum absolute atomic E-state index is 0. The van der Waals surface area contributed by atoms with E-state index in [2.05, 4.69) is 5.32 Å². The highest BCUT2D eigenvalue weighted by atomic mass is 35.5. The summed E-state index contributed by atoms with van der Waals surface area (Å²) < 4.78 is 23.0. The van der Waals surface area contributed by atoms with Crippen molar-refractivity contribution in [2.75, 3.05) is 31.7 Å². The average Bonchev–Trinajstić information content (AvgIpc) is 2.63. The Morgan fingerprint density at radius 3 is 2.33 bits per heavy atom. The average molecular weight is 497 g/mol. The Balaban J connectivity index is 0.00000420. The molecule has 12 heteroatoms. The van der Waals surface area contributed by atoms with Crippen LogP contribution in [0.25, 0.3) is 0 Å². The van der Waals surface area contributed by atoms with Gasteiger partial charge in [0.2, 0.25) is 10.0 Å². The van der Waals surface area contributed by atoms with Gasteiger partial charge in [-0.3, -0.25) is 10.1 Å². The van der Waals surface area contributed by atoms with Crippen LogP contribution in [0.15, 0.2) is 58.3 Å². The van der Waals surface area contributed by atoms with Crippen molar-refractivity contribution in [2.45, 2.75) is 22.3 Å². The van der Waals surface area contributed by atoms with Crippen LogP contribution in [0, 0.1) is 10.1 Å². The van der Waals surface area contributed by atoms with E-state index in [1.807, 2.05) is 49.3 Å². The summed E-state index contributed by atoms with van der Waals surface area (Å²) in [6.45, 7) is 0.802. The fraction of sp³-hybridized carbons (Fsp3) is 0.333. The second kappa shape index (κ2) is 13.0. The van der Waals surface area contributed by atoms with Crippen LogP contribution in [0.1, 0.15) is 6.42 Å². The monoisotopic (exact) mass is 496 g/mol. The molecule has 30 heavy (non-hydrogen) atoms. The molecule has 2 rings (SSSR count). The number of hydrogen-bond donors (Lipinski definition) is 2. The topological polar surface area (TPSA) is 119 Å². The largest absolute Gasteiger partial charge is 0.376 e. The third-order valence-electron chi connectivity index (χ3n) is 3.97. The molecule has 2 aromatic rings. The molecule has 0 amide bonds. The SMILES string of the molecule is CN(C)CC[C@H](CSc1ccccc1)Nc1ccc(S(N)(=O)=O)cc1[N+](=O)[O-].Cl.Cl. The summed E-state index contributed by atoms with van der Waals surface area (Å²) >= 11 is 1.65. The number of halogens is 2. The van der Waals surface area contributed by atoms with E-state index in [0.29, 0.717) is 5.75 Å². The number of nitrogens with one attached hydrogen (secondary N) is 1. The lowest BCUT2D eigenvalue weighted by Gasteiger charge is -2.21. The fourth-order valence-corrected chi connectivity index (χ4v) is 4.03. The first-order valence-corrected chi connectivity index (χ1v) is 11.1. The number of rotatable bonds is 10. The first-order valence-electron chi connectivity index (χ1n) is 8.57. The van der Waals surface area contributed by atoms with Crippen molar-refractivity contribution in [3.8, 4) is 0 Å². The highest BCUT2D eigenvalue weighted by Gasteiger charge is 2.21. The summed E-state index contributed by atoms with van der Waals surface area (Å²) in [4.78, 5) is 13.7. The summed E-state index contributed by atoms with van der Waals surface area (Å²) in [6.07, 6.45) is 0.765. The Morgan fingerprint density at radius 1 is 1.17 bits per heavy atom. The van der Waals surface area contributed by atoms with E-state index >= 15 is 0 Å². The molecule has 3 N–H and O–H groups in total. The van der Waals surface area contributed by atoms with E-state index in [1.165, 1.54) is 12.1 Å². The number of nitrogens with two attached hydrogens (primary N) is 1. The molecule has 1 atom stereocenters. The number of hydrogen-bond acceptors (Lipinski definition) is 7. The van der Waals surface area contributed by atoms with E-state index in [9.17, 15) is 18.5 Å². The van der Waals surface area contributed by atoms with Crippen molar-refractivity contribution >= 4 is 58.0 Å². The second-order valence-corrected chi connectivity index (χ2v) is 9.19. The lowest BCUT2D eigenvalue weighted by Crippen LogP contribution is -2.28. The molecule has 0 aliphatic rings. The lowest BCUT2D eigenvalue weighted by molar-refractivity contribution is -0.384. The van der Waals surface area contributed by atoms with Crippen LogP contribution in [-0.2, 0) is 10.0 Å². The van der Waals surface area contributed by atoms with Crippen LogP contribution in [-0.4, -0.2) is 50.7 Å². The maximum Gasteiger partial charge on any atom is 0.293 e. The summed E-state index contributed by atoms with van der Waals surface area (Å²) in [5, 5.41) is 19.7. The van der Waals surface area contributed by atoms with Crippen molar-refractivity contribution in [2.24, 2.45) is 5.14 Å². The number of anilines is 1. The van der Waals surface area contributed by atoms with Crippen LogP contribution in [0.5, 0.6) is 0 Å². The molecule has 0 saturated heterocycles. The number of thioether (sulfide) groups is 1. The lowest BCUT2D eigenvalue weighted by atomic mass is 10.2. The number of nitrogens with zero attached hydrogens (tertiary/aromatic N) is 2. The highest BCUT2D eigenvalue weighted by Crippen LogP contribution is 2.29. The van der Waals surface area contributed by atoms with Gasteiger partial charge in [-0.1, -0.05) is 18.2 Å². The number of nitro benzene ring substituents is 1. The number of benzene rings is 2. The van der Waals surface area contributed by atoms with Gasteiger partial charge in [0.1, 0.15) is 5.69 Å². The molecule has 0 unspecified atom stereocenters. The summed E-state index contributed by atoms with van der Waals surface area (Å²) in [7, 11) is -0.0887. The Kier molecular flexibility index (Phi) is 12.3. The molecule has 0 saturated carbocycles. The molecule has 0 fully saturated rings. The molecule has 0 bridgehead atoms. The van der Waals surface area contributed by atoms with Gasteiger partial charge >= 0.3 is 0 Å². The number of primary sulfonamides is 1. The van der Waals surface area contributed by atoms with Gasteiger partial charge in [-0.2, -0.15) is 0 Å². The molecule has 0 aromatic heterocycles. The van der Waals surface area contributed by atoms with Gasteiger partial charge in [0.25, 0.3) is 5.69 Å². The van der Waals surface area contributed by atoms with Gasteiger partial charge in [0.05, 0.1) is 9.82 Å². The van der Waals surface area contributed by atoms with E-state index in [1.54, 1.807) is 11.8 Å². The third kappa shape index (κ3) is 9.07. The quantitative estimate of drug-likeness (QED) is 0.292. The zero-order valence-electron chi connectivity index (χ0n) is 16.6. The minimum atomic E-state index is -4.01. The third-order valence-corrected chi connectivity index (χ3v) is 6.06. The molecule has 0 radical (unpaired) electrons. The highest BCUT2D eigenvalue weighted by molar-refractivity contribution is 7.99. The predicted octanol–water partition coefficient (Wildman–Crippen LogP) is 3.61. The fourth-order valence-electron chi connectivity index (χ4n) is 2.51. The Hall–Kier alpha value is -1.56. The Labute approximate surface area is 193 Å². The van der Waals surface area contributed by atoms with E-state index in [0.717, 1.165) is 23.9 Å². The standard InChI is InChI=1S/C18H24N4O4S2.2ClH/c1-21(2)11-10-14(13-27-15-6-4-3-5-7-15)20-17-9-8-16(28(19,25)26)12-18(17)22(23)24;;/h3-9,12,14,20H,10-11,13H2,1-2H3,(H2,19,25,26);2*1H/t14-;;/m1../s1. The van der Waals surface area contributed by atoms with E-state index in [4.69, 9.17) is 5.14 Å². The summed E-state index contributed by atoms with van der Waals surface area (Å²) in [5.41, 5.74) is -0.0408. The van der Waals surface area contributed by atoms with Gasteiger partial charge < -0.3 is 10.2 Å². The Morgan fingerprint density at radius 2 is 1.80 bits per heavy atom. The molecular weight excluding hydrogens is 471 g/mol. The van der Waals surface area contributed by atoms with E-state index < -0.39 is 14.9 Å². The molecule has 0 spiro atoms. The normalized spacial score (nSPS) is 11.9. The van der Waals surface area contributed by atoms with Gasteiger partial charge in [-0.15, -0.1) is 36.6 Å². The van der Waals surface area contributed by atoms with Gasteiger partial charge in [-0.05, 0) is 51.3 Å². The zero-order valence-corrected chi connectivity index (χ0v) is 19.8. The van der Waals surface area contributed by atoms with Gasteiger partial charge in [-0.25, -0.2) is 13.6 Å². The van der Waals surface area contributed by atoms with Crippen LogP contribution in [0.4, 0.5) is 11.4 Å². The van der Waals surface area contributed by atoms with Crippen molar-refractivity contribution in [1.29, 1.82) is 0 Å². The van der Waals surface area contributed by atoms with E-state index in [-0.39, 0.29) is 47.1 Å². The molecule has 168 valence electrons. The number of sulfonamides is 1.